The molecule has 1 atom stereocenters. The number of hydrogen-bond donors (Lipinski definition) is 1. The molecular weight excluding hydrogens is 224 g/mol. The lowest BCUT2D eigenvalue weighted by Gasteiger charge is -2.32. The highest BCUT2D eigenvalue weighted by Crippen LogP contribution is 2.22. The van der Waals surface area contributed by atoms with Crippen molar-refractivity contribution in [1.82, 2.24) is 10.2 Å². The Balaban J connectivity index is 1.59. The van der Waals surface area contributed by atoms with Crippen LogP contribution in [0, 0.1) is 5.92 Å². The average Bonchev–Trinajstić information content (AvgIpc) is 2.68. The fourth-order valence-corrected chi connectivity index (χ4v) is 3.21. The second kappa shape index (κ2) is 8.13. The molecule has 2 aliphatic rings. The van der Waals surface area contributed by atoms with E-state index in [0.29, 0.717) is 6.10 Å². The second-order valence-corrected chi connectivity index (χ2v) is 5.90. The first-order valence-electron chi connectivity index (χ1n) is 7.93. The first-order chi connectivity index (χ1) is 8.88. The standard InChI is InChI=1S/C15H30N2O/c1-2-17-9-10-18-15(13-17)12-16-11-14-7-5-3-4-6-8-14/h14-16H,2-13H2,1H3. The third kappa shape index (κ3) is 4.87. The number of rotatable bonds is 5. The molecule has 1 saturated carbocycles. The molecule has 0 radical (unpaired) electrons. The molecule has 1 unspecified atom stereocenters. The van der Waals surface area contributed by atoms with E-state index in [9.17, 15) is 0 Å². The molecule has 2 fully saturated rings. The minimum atomic E-state index is 0.407. The van der Waals surface area contributed by atoms with Gasteiger partial charge in [0.1, 0.15) is 0 Å². The number of ether oxygens (including phenoxy) is 1. The quantitative estimate of drug-likeness (QED) is 0.762. The third-order valence-electron chi connectivity index (χ3n) is 4.45. The van der Waals surface area contributed by atoms with E-state index in [-0.39, 0.29) is 0 Å². The molecule has 3 nitrogen and oxygen atoms in total. The van der Waals surface area contributed by atoms with Crippen LogP contribution in [0.3, 0.4) is 0 Å². The van der Waals surface area contributed by atoms with Crippen molar-refractivity contribution in [2.45, 2.75) is 51.6 Å². The Hall–Kier alpha value is -0.120. The maximum Gasteiger partial charge on any atom is 0.0826 e. The van der Waals surface area contributed by atoms with Gasteiger partial charge in [0.25, 0.3) is 0 Å². The van der Waals surface area contributed by atoms with Gasteiger partial charge in [0, 0.05) is 19.6 Å². The second-order valence-electron chi connectivity index (χ2n) is 5.90. The summed E-state index contributed by atoms with van der Waals surface area (Å²) < 4.78 is 5.82. The summed E-state index contributed by atoms with van der Waals surface area (Å²) in [4.78, 5) is 2.49. The van der Waals surface area contributed by atoms with Gasteiger partial charge in [-0.2, -0.15) is 0 Å². The van der Waals surface area contributed by atoms with Gasteiger partial charge in [0.15, 0.2) is 0 Å². The van der Waals surface area contributed by atoms with Crippen LogP contribution in [0.2, 0.25) is 0 Å². The van der Waals surface area contributed by atoms with Crippen molar-refractivity contribution in [3.63, 3.8) is 0 Å². The Kier molecular flexibility index (Phi) is 6.46. The summed E-state index contributed by atoms with van der Waals surface area (Å²) >= 11 is 0. The highest BCUT2D eigenvalue weighted by atomic mass is 16.5. The Labute approximate surface area is 112 Å². The first-order valence-corrected chi connectivity index (χ1v) is 7.93. The molecule has 1 aliphatic carbocycles. The van der Waals surface area contributed by atoms with Crippen LogP contribution >= 0.6 is 0 Å². The molecule has 18 heavy (non-hydrogen) atoms. The molecule has 0 bridgehead atoms. The monoisotopic (exact) mass is 254 g/mol. The van der Waals surface area contributed by atoms with Crippen LogP contribution in [0.1, 0.15) is 45.4 Å². The van der Waals surface area contributed by atoms with Crippen LogP contribution in [-0.2, 0) is 4.74 Å². The molecule has 106 valence electrons. The molecule has 1 heterocycles. The average molecular weight is 254 g/mol. The third-order valence-corrected chi connectivity index (χ3v) is 4.45. The summed E-state index contributed by atoms with van der Waals surface area (Å²) in [6.07, 6.45) is 9.05. The smallest absolute Gasteiger partial charge is 0.0826 e. The van der Waals surface area contributed by atoms with E-state index in [1.54, 1.807) is 0 Å². The van der Waals surface area contributed by atoms with Crippen LogP contribution in [-0.4, -0.2) is 50.3 Å². The topological polar surface area (TPSA) is 24.5 Å². The van der Waals surface area contributed by atoms with Gasteiger partial charge in [0.2, 0.25) is 0 Å². The minimum absolute atomic E-state index is 0.407. The van der Waals surface area contributed by atoms with Gasteiger partial charge in [-0.05, 0) is 31.8 Å². The number of morpholine rings is 1. The fraction of sp³-hybridized carbons (Fsp3) is 1.00. The van der Waals surface area contributed by atoms with Gasteiger partial charge >= 0.3 is 0 Å². The molecule has 2 rings (SSSR count). The Morgan fingerprint density at radius 2 is 1.89 bits per heavy atom. The minimum Gasteiger partial charge on any atom is -0.374 e. The van der Waals surface area contributed by atoms with Gasteiger partial charge in [-0.15, -0.1) is 0 Å². The molecule has 0 amide bonds. The Morgan fingerprint density at radius 1 is 1.11 bits per heavy atom. The van der Waals surface area contributed by atoms with E-state index in [4.69, 9.17) is 4.74 Å². The molecule has 3 heteroatoms. The van der Waals surface area contributed by atoms with Crippen molar-refractivity contribution in [2.24, 2.45) is 5.92 Å². The van der Waals surface area contributed by atoms with Crippen LogP contribution in [0.15, 0.2) is 0 Å². The predicted octanol–water partition coefficient (Wildman–Crippen LogP) is 2.27. The van der Waals surface area contributed by atoms with Crippen LogP contribution in [0.25, 0.3) is 0 Å². The first kappa shape index (κ1) is 14.3. The number of likely N-dealkylation sites (N-methyl/N-ethyl adjacent to an activating group) is 1. The highest BCUT2D eigenvalue weighted by molar-refractivity contribution is 4.74. The summed E-state index contributed by atoms with van der Waals surface area (Å²) in [6, 6.07) is 0. The van der Waals surface area contributed by atoms with Crippen molar-refractivity contribution >= 4 is 0 Å². The zero-order valence-electron chi connectivity index (χ0n) is 12.0. The van der Waals surface area contributed by atoms with Gasteiger partial charge in [-0.25, -0.2) is 0 Å². The molecule has 0 aromatic rings. The molecule has 0 spiro atoms. The summed E-state index contributed by atoms with van der Waals surface area (Å²) in [6.45, 7) is 8.75. The van der Waals surface area contributed by atoms with Crippen molar-refractivity contribution < 1.29 is 4.74 Å². The van der Waals surface area contributed by atoms with E-state index in [1.165, 1.54) is 45.1 Å². The molecule has 1 N–H and O–H groups in total. The molecule has 0 aromatic carbocycles. The van der Waals surface area contributed by atoms with Crippen molar-refractivity contribution in [3.05, 3.63) is 0 Å². The highest BCUT2D eigenvalue weighted by Gasteiger charge is 2.19. The molecular formula is C15H30N2O. The van der Waals surface area contributed by atoms with E-state index in [2.05, 4.69) is 17.1 Å². The van der Waals surface area contributed by atoms with Gasteiger partial charge in [-0.1, -0.05) is 32.6 Å². The van der Waals surface area contributed by atoms with Crippen molar-refractivity contribution in [3.8, 4) is 0 Å². The Morgan fingerprint density at radius 3 is 2.61 bits per heavy atom. The molecule has 1 aliphatic heterocycles. The maximum atomic E-state index is 5.82. The van der Waals surface area contributed by atoms with Crippen molar-refractivity contribution in [1.29, 1.82) is 0 Å². The summed E-state index contributed by atoms with van der Waals surface area (Å²) in [5, 5.41) is 3.65. The SMILES string of the molecule is CCN1CCOC(CNCC2CCCCCC2)C1. The van der Waals surface area contributed by atoms with Crippen LogP contribution < -0.4 is 5.32 Å². The summed E-state index contributed by atoms with van der Waals surface area (Å²) in [7, 11) is 0. The molecule has 1 saturated heterocycles. The van der Waals surface area contributed by atoms with Gasteiger partial charge in [-0.3, -0.25) is 4.90 Å². The lowest BCUT2D eigenvalue weighted by Crippen LogP contribution is -2.46. The maximum absolute atomic E-state index is 5.82. The van der Waals surface area contributed by atoms with E-state index < -0.39 is 0 Å². The number of hydrogen-bond acceptors (Lipinski definition) is 3. The normalized spacial score (nSPS) is 28.2. The van der Waals surface area contributed by atoms with E-state index in [1.807, 2.05) is 0 Å². The summed E-state index contributed by atoms with van der Waals surface area (Å²) in [5.41, 5.74) is 0. The Bertz CT molecular complexity index is 215. The van der Waals surface area contributed by atoms with Crippen LogP contribution in [0.5, 0.6) is 0 Å². The molecule has 0 aromatic heterocycles. The zero-order valence-corrected chi connectivity index (χ0v) is 12.0. The fourth-order valence-electron chi connectivity index (χ4n) is 3.21. The lowest BCUT2D eigenvalue weighted by molar-refractivity contribution is -0.0255. The van der Waals surface area contributed by atoms with Gasteiger partial charge in [0.05, 0.1) is 12.7 Å². The van der Waals surface area contributed by atoms with Crippen molar-refractivity contribution in [2.75, 3.05) is 39.3 Å². The zero-order chi connectivity index (χ0) is 12.6. The largest absolute Gasteiger partial charge is 0.374 e. The van der Waals surface area contributed by atoms with E-state index >= 15 is 0 Å². The summed E-state index contributed by atoms with van der Waals surface area (Å²) in [5.74, 6) is 0.915. The van der Waals surface area contributed by atoms with Gasteiger partial charge < -0.3 is 10.1 Å². The van der Waals surface area contributed by atoms with E-state index in [0.717, 1.165) is 38.7 Å². The predicted molar refractivity (Wildman–Crippen MR) is 75.9 cm³/mol. The number of nitrogens with one attached hydrogen (secondary N) is 1. The van der Waals surface area contributed by atoms with Crippen LogP contribution in [0.4, 0.5) is 0 Å². The number of nitrogens with zero attached hydrogens (tertiary/aromatic N) is 1. The lowest BCUT2D eigenvalue weighted by atomic mass is 10.0.